The highest BCUT2D eigenvalue weighted by molar-refractivity contribution is 5.66. The average Bonchev–Trinajstić information content (AvgIpc) is 3.38. The van der Waals surface area contributed by atoms with Gasteiger partial charge in [-0.2, -0.15) is 0 Å². The topological polar surface area (TPSA) is 49.8 Å². The Balaban J connectivity index is 1.70. The quantitative estimate of drug-likeness (QED) is 0.685. The molecule has 1 heterocycles. The summed E-state index contributed by atoms with van der Waals surface area (Å²) in [5.41, 5.74) is 4.53. The van der Waals surface area contributed by atoms with Gasteiger partial charge >= 0.3 is 0 Å². The second-order valence-corrected chi connectivity index (χ2v) is 6.75. The Labute approximate surface area is 148 Å². The van der Waals surface area contributed by atoms with Crippen LogP contribution in [0.15, 0.2) is 54.6 Å². The first kappa shape index (κ1) is 15.6. The lowest BCUT2D eigenvalue weighted by atomic mass is 10.1. The van der Waals surface area contributed by atoms with Gasteiger partial charge in [-0.05, 0) is 49.9 Å². The summed E-state index contributed by atoms with van der Waals surface area (Å²) in [6, 6.07) is 19.1. The van der Waals surface area contributed by atoms with E-state index in [1.54, 1.807) is 0 Å². The molecule has 0 unspecified atom stereocenters. The number of benzene rings is 2. The summed E-state index contributed by atoms with van der Waals surface area (Å²) in [6.07, 6.45) is 2.43. The first-order valence-corrected chi connectivity index (χ1v) is 8.72. The van der Waals surface area contributed by atoms with E-state index < -0.39 is 0 Å². The molecule has 0 aliphatic heterocycles. The monoisotopic (exact) mass is 330 g/mol. The van der Waals surface area contributed by atoms with E-state index >= 15 is 0 Å². The van der Waals surface area contributed by atoms with Crippen LogP contribution >= 0.6 is 0 Å². The van der Waals surface area contributed by atoms with Gasteiger partial charge in [-0.25, -0.2) is 9.97 Å². The molecule has 3 aromatic rings. The van der Waals surface area contributed by atoms with Crippen LogP contribution in [0.5, 0.6) is 0 Å². The molecule has 1 aliphatic carbocycles. The maximum absolute atomic E-state index is 4.72. The van der Waals surface area contributed by atoms with Crippen LogP contribution in [0.25, 0.3) is 11.4 Å². The highest BCUT2D eigenvalue weighted by Crippen LogP contribution is 2.28. The SMILES string of the molecule is Cc1cc(C)cc(Nc2cc(NC3CC3)nc(-c3ccccc3)n2)c1. The molecule has 4 rings (SSSR count). The van der Waals surface area contributed by atoms with Crippen LogP contribution in [0.1, 0.15) is 24.0 Å². The molecule has 1 aromatic heterocycles. The molecule has 4 nitrogen and oxygen atoms in total. The third-order valence-corrected chi connectivity index (χ3v) is 4.18. The van der Waals surface area contributed by atoms with Crippen LogP contribution in [-0.2, 0) is 0 Å². The van der Waals surface area contributed by atoms with Crippen molar-refractivity contribution in [3.63, 3.8) is 0 Å². The van der Waals surface area contributed by atoms with Crippen LogP contribution < -0.4 is 10.6 Å². The van der Waals surface area contributed by atoms with Gasteiger partial charge < -0.3 is 10.6 Å². The lowest BCUT2D eigenvalue weighted by Gasteiger charge is -2.12. The number of nitrogens with one attached hydrogen (secondary N) is 2. The van der Waals surface area contributed by atoms with Gasteiger partial charge in [0.15, 0.2) is 5.82 Å². The van der Waals surface area contributed by atoms with Gasteiger partial charge in [0.05, 0.1) is 0 Å². The Hall–Kier alpha value is -2.88. The zero-order chi connectivity index (χ0) is 17.2. The first-order valence-electron chi connectivity index (χ1n) is 8.72. The molecule has 25 heavy (non-hydrogen) atoms. The van der Waals surface area contributed by atoms with E-state index in [2.05, 4.69) is 42.7 Å². The molecule has 4 heteroatoms. The Morgan fingerprint density at radius 2 is 1.52 bits per heavy atom. The van der Waals surface area contributed by atoms with E-state index in [4.69, 9.17) is 9.97 Å². The molecular weight excluding hydrogens is 308 g/mol. The van der Waals surface area contributed by atoms with Crippen molar-refractivity contribution in [2.24, 2.45) is 0 Å². The smallest absolute Gasteiger partial charge is 0.163 e. The Bertz CT molecular complexity index is 865. The standard InChI is InChI=1S/C21H22N4/c1-14-10-15(2)12-18(11-14)23-20-13-19(22-17-8-9-17)24-21(25-20)16-6-4-3-5-7-16/h3-7,10-13,17H,8-9H2,1-2H3,(H2,22,23,24,25). The van der Waals surface area contributed by atoms with Gasteiger partial charge in [0.25, 0.3) is 0 Å². The molecular formula is C21H22N4. The van der Waals surface area contributed by atoms with E-state index in [9.17, 15) is 0 Å². The molecule has 0 saturated heterocycles. The van der Waals surface area contributed by atoms with Crippen molar-refractivity contribution in [1.82, 2.24) is 9.97 Å². The highest BCUT2D eigenvalue weighted by atomic mass is 15.1. The van der Waals surface area contributed by atoms with E-state index in [0.717, 1.165) is 28.7 Å². The van der Waals surface area contributed by atoms with E-state index in [1.807, 2.05) is 36.4 Å². The van der Waals surface area contributed by atoms with Crippen molar-refractivity contribution < 1.29 is 0 Å². The van der Waals surface area contributed by atoms with Crippen molar-refractivity contribution in [3.8, 4) is 11.4 Å². The van der Waals surface area contributed by atoms with Crippen LogP contribution in [0.3, 0.4) is 0 Å². The molecule has 0 atom stereocenters. The fourth-order valence-electron chi connectivity index (χ4n) is 2.93. The Morgan fingerprint density at radius 1 is 0.840 bits per heavy atom. The number of anilines is 3. The largest absolute Gasteiger partial charge is 0.367 e. The van der Waals surface area contributed by atoms with E-state index in [1.165, 1.54) is 24.0 Å². The number of nitrogens with zero attached hydrogens (tertiary/aromatic N) is 2. The van der Waals surface area contributed by atoms with Gasteiger partial charge in [0, 0.05) is 23.4 Å². The molecule has 1 aliphatic rings. The van der Waals surface area contributed by atoms with Crippen molar-refractivity contribution >= 4 is 17.3 Å². The predicted molar refractivity (Wildman–Crippen MR) is 103 cm³/mol. The molecule has 0 spiro atoms. The van der Waals surface area contributed by atoms with E-state index in [0.29, 0.717) is 6.04 Å². The zero-order valence-electron chi connectivity index (χ0n) is 14.6. The summed E-state index contributed by atoms with van der Waals surface area (Å²) in [5, 5.41) is 6.92. The summed E-state index contributed by atoms with van der Waals surface area (Å²) in [4.78, 5) is 9.42. The van der Waals surface area contributed by atoms with Gasteiger partial charge in [-0.15, -0.1) is 0 Å². The molecule has 2 N–H and O–H groups in total. The number of aromatic nitrogens is 2. The Kier molecular flexibility index (Phi) is 4.10. The van der Waals surface area contributed by atoms with Crippen molar-refractivity contribution in [3.05, 3.63) is 65.7 Å². The van der Waals surface area contributed by atoms with Crippen LogP contribution in [-0.4, -0.2) is 16.0 Å². The van der Waals surface area contributed by atoms with Gasteiger partial charge in [0.2, 0.25) is 0 Å². The number of hydrogen-bond donors (Lipinski definition) is 2. The van der Waals surface area contributed by atoms with Crippen molar-refractivity contribution in [2.75, 3.05) is 10.6 Å². The minimum atomic E-state index is 0.549. The van der Waals surface area contributed by atoms with Crippen molar-refractivity contribution in [1.29, 1.82) is 0 Å². The third kappa shape index (κ3) is 3.97. The van der Waals surface area contributed by atoms with Gasteiger partial charge in [0.1, 0.15) is 11.6 Å². The summed E-state index contributed by atoms with van der Waals surface area (Å²) in [7, 11) is 0. The molecule has 1 fully saturated rings. The molecule has 0 amide bonds. The number of aryl methyl sites for hydroxylation is 2. The summed E-state index contributed by atoms with van der Waals surface area (Å²) >= 11 is 0. The minimum absolute atomic E-state index is 0.549. The maximum Gasteiger partial charge on any atom is 0.163 e. The normalized spacial score (nSPS) is 13.5. The molecule has 126 valence electrons. The highest BCUT2D eigenvalue weighted by Gasteiger charge is 2.22. The lowest BCUT2D eigenvalue weighted by molar-refractivity contribution is 1.09. The fraction of sp³-hybridized carbons (Fsp3) is 0.238. The first-order chi connectivity index (χ1) is 12.2. The second kappa shape index (κ2) is 6.55. The molecule has 0 radical (unpaired) electrons. The summed E-state index contributed by atoms with van der Waals surface area (Å²) in [6.45, 7) is 4.21. The van der Waals surface area contributed by atoms with Crippen molar-refractivity contribution in [2.45, 2.75) is 32.7 Å². The van der Waals surface area contributed by atoms with Crippen LogP contribution in [0.2, 0.25) is 0 Å². The van der Waals surface area contributed by atoms with Gasteiger partial charge in [-0.3, -0.25) is 0 Å². The minimum Gasteiger partial charge on any atom is -0.367 e. The molecule has 2 aromatic carbocycles. The zero-order valence-corrected chi connectivity index (χ0v) is 14.6. The van der Waals surface area contributed by atoms with Gasteiger partial charge in [-0.1, -0.05) is 36.4 Å². The Morgan fingerprint density at radius 3 is 2.20 bits per heavy atom. The average molecular weight is 330 g/mol. The third-order valence-electron chi connectivity index (χ3n) is 4.18. The van der Waals surface area contributed by atoms with E-state index in [-0.39, 0.29) is 0 Å². The lowest BCUT2D eigenvalue weighted by Crippen LogP contribution is -2.06. The second-order valence-electron chi connectivity index (χ2n) is 6.75. The maximum atomic E-state index is 4.72. The predicted octanol–water partition coefficient (Wildman–Crippen LogP) is 5.08. The summed E-state index contributed by atoms with van der Waals surface area (Å²) in [5.74, 6) is 2.42. The molecule has 0 bridgehead atoms. The van der Waals surface area contributed by atoms with Crippen LogP contribution in [0.4, 0.5) is 17.3 Å². The summed E-state index contributed by atoms with van der Waals surface area (Å²) < 4.78 is 0. The van der Waals surface area contributed by atoms with Crippen LogP contribution in [0, 0.1) is 13.8 Å². The molecule has 1 saturated carbocycles. The number of hydrogen-bond acceptors (Lipinski definition) is 4. The number of rotatable bonds is 5. The fourth-order valence-corrected chi connectivity index (χ4v) is 2.93.